The maximum atomic E-state index is 13.0. The number of nitrogens with one attached hydrogen (secondary N) is 5. The molecule has 0 fully saturated rings. The van der Waals surface area contributed by atoms with Crippen LogP contribution in [-0.4, -0.2) is 68.3 Å². The Hall–Kier alpha value is -5.08. The van der Waals surface area contributed by atoms with Crippen molar-refractivity contribution in [3.8, 4) is 16.9 Å². The lowest BCUT2D eigenvalue weighted by molar-refractivity contribution is -0.117. The van der Waals surface area contributed by atoms with Crippen LogP contribution in [0.15, 0.2) is 55.0 Å². The van der Waals surface area contributed by atoms with Gasteiger partial charge in [0, 0.05) is 47.4 Å². The predicted octanol–water partition coefficient (Wildman–Crippen LogP) is 2.69. The molecule has 3 heterocycles. The Bertz CT molecular complexity index is 1600. The van der Waals surface area contributed by atoms with Gasteiger partial charge in [0.1, 0.15) is 12.2 Å². The third-order valence-electron chi connectivity index (χ3n) is 6.13. The van der Waals surface area contributed by atoms with E-state index < -0.39 is 12.1 Å². The van der Waals surface area contributed by atoms with Crippen LogP contribution in [0.5, 0.6) is 0 Å². The quantitative estimate of drug-likeness (QED) is 0.223. The highest BCUT2D eigenvalue weighted by atomic mass is 35.5. The van der Waals surface area contributed by atoms with Crippen LogP contribution in [0.3, 0.4) is 0 Å². The Morgan fingerprint density at radius 1 is 1.22 bits per heavy atom. The van der Waals surface area contributed by atoms with E-state index in [4.69, 9.17) is 11.6 Å². The number of rotatable bonds is 5. The monoisotopic (exact) mass is 576 g/mol. The Morgan fingerprint density at radius 2 is 2.10 bits per heavy atom. The summed E-state index contributed by atoms with van der Waals surface area (Å²) in [5.74, 6) is -0.0835. The van der Waals surface area contributed by atoms with Gasteiger partial charge in [0.25, 0.3) is 0 Å². The number of anilines is 2. The molecule has 2 aromatic heterocycles. The number of ether oxygens (including phenoxy) is 1. The summed E-state index contributed by atoms with van der Waals surface area (Å²) in [7, 11) is 1.26. The molecule has 0 radical (unpaired) electrons. The molecule has 15 heteroatoms. The summed E-state index contributed by atoms with van der Waals surface area (Å²) in [6, 6.07) is 9.67. The molecular formula is C26H25ClN10O4. The van der Waals surface area contributed by atoms with E-state index in [1.807, 2.05) is 0 Å². The zero-order valence-electron chi connectivity index (χ0n) is 21.7. The van der Waals surface area contributed by atoms with E-state index in [1.54, 1.807) is 48.7 Å². The number of carbonyl (C=O) groups excluding carboxylic acids is 3. The molecule has 1 aliphatic rings. The normalized spacial score (nSPS) is 15.3. The largest absolute Gasteiger partial charge is 0.453 e. The van der Waals surface area contributed by atoms with E-state index in [9.17, 15) is 14.4 Å². The van der Waals surface area contributed by atoms with Crippen LogP contribution in [0.25, 0.3) is 23.0 Å². The predicted molar refractivity (Wildman–Crippen MR) is 150 cm³/mol. The minimum absolute atomic E-state index is 0.183. The van der Waals surface area contributed by atoms with Crippen molar-refractivity contribution in [1.82, 2.24) is 40.8 Å². The van der Waals surface area contributed by atoms with Gasteiger partial charge in [0.15, 0.2) is 0 Å². The molecular weight excluding hydrogens is 552 g/mol. The minimum atomic E-state index is -0.632. The molecule has 41 heavy (non-hydrogen) atoms. The number of hydrogen-bond donors (Lipinski definition) is 5. The number of halogens is 1. The topological polar surface area (TPSA) is 181 Å². The van der Waals surface area contributed by atoms with Gasteiger partial charge in [-0.25, -0.2) is 9.78 Å². The zero-order chi connectivity index (χ0) is 28.8. The number of nitrogens with zero attached hydrogens (tertiary/aromatic N) is 5. The highest BCUT2D eigenvalue weighted by Gasteiger charge is 2.20. The zero-order valence-corrected chi connectivity index (χ0v) is 22.5. The van der Waals surface area contributed by atoms with Crippen LogP contribution >= 0.6 is 11.6 Å². The van der Waals surface area contributed by atoms with Crippen molar-refractivity contribution in [3.05, 3.63) is 71.4 Å². The van der Waals surface area contributed by atoms with E-state index >= 15 is 0 Å². The lowest BCUT2D eigenvalue weighted by Crippen LogP contribution is -2.36. The van der Waals surface area contributed by atoms with E-state index in [0.717, 1.165) is 0 Å². The van der Waals surface area contributed by atoms with Crippen LogP contribution in [-0.2, 0) is 14.3 Å². The molecule has 14 nitrogen and oxygen atoms in total. The molecule has 2 aromatic carbocycles. The molecule has 0 spiro atoms. The van der Waals surface area contributed by atoms with Crippen LogP contribution in [0, 0.1) is 0 Å². The molecule has 4 aromatic rings. The summed E-state index contributed by atoms with van der Waals surface area (Å²) in [6.07, 6.45) is 5.62. The highest BCUT2D eigenvalue weighted by Crippen LogP contribution is 2.31. The van der Waals surface area contributed by atoms with Crippen molar-refractivity contribution < 1.29 is 19.1 Å². The summed E-state index contributed by atoms with van der Waals surface area (Å²) < 4.78 is 6.12. The van der Waals surface area contributed by atoms with Crippen molar-refractivity contribution in [2.45, 2.75) is 12.5 Å². The van der Waals surface area contributed by atoms with Gasteiger partial charge in [0.05, 0.1) is 36.4 Å². The van der Waals surface area contributed by atoms with Crippen LogP contribution in [0.4, 0.5) is 16.2 Å². The lowest BCUT2D eigenvalue weighted by atomic mass is 10.1. The minimum Gasteiger partial charge on any atom is -0.453 e. The van der Waals surface area contributed by atoms with Crippen molar-refractivity contribution in [2.75, 3.05) is 30.8 Å². The number of benzene rings is 2. The van der Waals surface area contributed by atoms with Crippen molar-refractivity contribution in [2.24, 2.45) is 0 Å². The van der Waals surface area contributed by atoms with Gasteiger partial charge in [-0.2, -0.15) is 4.68 Å². The van der Waals surface area contributed by atoms with Crippen molar-refractivity contribution >= 4 is 47.0 Å². The van der Waals surface area contributed by atoms with Crippen LogP contribution in [0.2, 0.25) is 5.02 Å². The first-order chi connectivity index (χ1) is 19.9. The van der Waals surface area contributed by atoms with Gasteiger partial charge < -0.3 is 25.7 Å². The number of fused-ring (bicyclic) bond motifs is 4. The summed E-state index contributed by atoms with van der Waals surface area (Å²) in [4.78, 5) is 45.0. The van der Waals surface area contributed by atoms with Gasteiger partial charge in [-0.1, -0.05) is 11.6 Å². The second-order valence-electron chi connectivity index (χ2n) is 8.91. The Kier molecular flexibility index (Phi) is 8.31. The Labute approximate surface area is 238 Å². The fourth-order valence-corrected chi connectivity index (χ4v) is 4.36. The van der Waals surface area contributed by atoms with Gasteiger partial charge in [-0.05, 0) is 52.9 Å². The summed E-state index contributed by atoms with van der Waals surface area (Å²) in [5.41, 5.74) is 3.47. The SMILES string of the molecule is COC(=O)Nc1ccc2c(c1)NC(=O)CCNC[C@H](NC(=O)/C=C/c1cc(Cl)ccc1-n1cnnn1)c1ncc-2[nH]1. The average Bonchev–Trinajstić information content (AvgIpc) is 3.66. The average molecular weight is 577 g/mol. The maximum Gasteiger partial charge on any atom is 0.411 e. The fraction of sp³-hybridized carbons (Fsp3) is 0.192. The molecule has 1 atom stereocenters. The molecule has 2 bridgehead atoms. The molecule has 1 aliphatic heterocycles. The number of aromatic amines is 1. The maximum absolute atomic E-state index is 13.0. The summed E-state index contributed by atoms with van der Waals surface area (Å²) in [5, 5.41) is 23.3. The van der Waals surface area contributed by atoms with Gasteiger partial charge in [0.2, 0.25) is 11.8 Å². The van der Waals surface area contributed by atoms with Gasteiger partial charge >= 0.3 is 6.09 Å². The Balaban J connectivity index is 1.38. The molecule has 0 unspecified atom stereocenters. The number of imidazole rings is 1. The molecule has 210 valence electrons. The molecule has 5 rings (SSSR count). The third-order valence-corrected chi connectivity index (χ3v) is 6.37. The first-order valence-corrected chi connectivity index (χ1v) is 12.8. The lowest BCUT2D eigenvalue weighted by Gasteiger charge is -2.18. The smallest absolute Gasteiger partial charge is 0.411 e. The number of methoxy groups -OCH3 is 1. The summed E-state index contributed by atoms with van der Waals surface area (Å²) >= 11 is 6.18. The van der Waals surface area contributed by atoms with E-state index in [1.165, 1.54) is 24.2 Å². The number of tetrazole rings is 1. The summed E-state index contributed by atoms with van der Waals surface area (Å²) in [6.45, 7) is 0.677. The van der Waals surface area contributed by atoms with Crippen molar-refractivity contribution in [3.63, 3.8) is 0 Å². The standard InChI is InChI=1S/C26H25ClN10O4/c1-41-26(40)31-17-4-5-18-19(11-17)32-24(39)8-9-28-12-21(25-29-13-20(18)34-25)33-23(38)7-2-15-10-16(27)3-6-22(15)37-14-30-35-36-37/h2-7,10-11,13-14,21,28H,8-9,12H2,1H3,(H,29,34)(H,31,40)(H,32,39)(H,33,38)/b7-2+/t21-/m0/s1. The van der Waals surface area contributed by atoms with E-state index in [0.29, 0.717) is 57.8 Å². The number of amides is 3. The number of H-pyrrole nitrogens is 1. The van der Waals surface area contributed by atoms with Gasteiger partial charge in [-0.3, -0.25) is 14.9 Å². The number of hydrogen-bond acceptors (Lipinski definition) is 9. The van der Waals surface area contributed by atoms with E-state index in [2.05, 4.69) is 51.5 Å². The first-order valence-electron chi connectivity index (χ1n) is 12.5. The second kappa shape index (κ2) is 12.4. The van der Waals surface area contributed by atoms with Crippen molar-refractivity contribution in [1.29, 1.82) is 0 Å². The fourth-order valence-electron chi connectivity index (χ4n) is 4.18. The molecule has 0 saturated carbocycles. The first kappa shape index (κ1) is 27.5. The third kappa shape index (κ3) is 6.74. The molecule has 0 aliphatic carbocycles. The second-order valence-corrected chi connectivity index (χ2v) is 9.35. The highest BCUT2D eigenvalue weighted by molar-refractivity contribution is 6.30. The molecule has 3 amide bonds. The van der Waals surface area contributed by atoms with Crippen LogP contribution in [0.1, 0.15) is 23.9 Å². The van der Waals surface area contributed by atoms with Gasteiger partial charge in [-0.15, -0.1) is 5.10 Å². The Morgan fingerprint density at radius 3 is 2.90 bits per heavy atom. The van der Waals surface area contributed by atoms with E-state index in [-0.39, 0.29) is 18.2 Å². The van der Waals surface area contributed by atoms with Crippen LogP contribution < -0.4 is 21.3 Å². The number of carbonyl (C=O) groups is 3. The number of aromatic nitrogens is 6. The molecule has 0 saturated heterocycles. The molecule has 5 N–H and O–H groups in total.